The van der Waals surface area contributed by atoms with Crippen molar-refractivity contribution in [3.05, 3.63) is 44.4 Å². The van der Waals surface area contributed by atoms with E-state index in [4.69, 9.17) is 0 Å². The predicted octanol–water partition coefficient (Wildman–Crippen LogP) is 1.86. The molecule has 3 aromatic heterocycles. The number of carbonyl (C=O) groups is 2. The second kappa shape index (κ2) is 10.2. The summed E-state index contributed by atoms with van der Waals surface area (Å²) in [6.07, 6.45) is 6.42. The van der Waals surface area contributed by atoms with Gasteiger partial charge < -0.3 is 26.2 Å². The Morgan fingerprint density at radius 2 is 2.12 bits per heavy atom. The number of amides is 2. The first-order valence-electron chi connectivity index (χ1n) is 14.8. The van der Waals surface area contributed by atoms with E-state index in [0.29, 0.717) is 49.2 Å². The molecule has 11 nitrogen and oxygen atoms in total. The maximum Gasteiger partial charge on any atom is 0.276 e. The van der Waals surface area contributed by atoms with Crippen LogP contribution in [0.15, 0.2) is 17.2 Å². The lowest BCUT2D eigenvalue weighted by Gasteiger charge is -2.40. The highest BCUT2D eigenvalue weighted by Gasteiger charge is 2.49. The Hall–Kier alpha value is -3.35. The number of pyridine rings is 1. The molecule has 3 aliphatic heterocycles. The average Bonchev–Trinajstić information content (AvgIpc) is 3.49. The zero-order valence-corrected chi connectivity index (χ0v) is 24.3. The number of hydrogen-bond acceptors (Lipinski definition) is 9. The number of rotatable bonds is 6. The van der Waals surface area contributed by atoms with Crippen LogP contribution in [0, 0.1) is 5.92 Å². The van der Waals surface area contributed by atoms with Gasteiger partial charge in [-0.3, -0.25) is 19.0 Å². The van der Waals surface area contributed by atoms with Gasteiger partial charge in [-0.05, 0) is 56.2 Å². The summed E-state index contributed by atoms with van der Waals surface area (Å²) < 4.78 is 1.66. The number of unbranched alkanes of at least 4 members (excludes halogenated alkanes) is 1. The summed E-state index contributed by atoms with van der Waals surface area (Å²) in [6, 6.07) is 2.15. The van der Waals surface area contributed by atoms with Crippen LogP contribution in [0.1, 0.15) is 59.6 Å². The van der Waals surface area contributed by atoms with Crippen LogP contribution in [-0.4, -0.2) is 70.0 Å². The molecule has 3 aromatic rings. The molecular formula is C29H36N8O3S. The molecule has 0 bridgehead atoms. The van der Waals surface area contributed by atoms with Crippen molar-refractivity contribution in [2.45, 2.75) is 64.1 Å². The molecule has 216 valence electrons. The maximum absolute atomic E-state index is 13.9. The van der Waals surface area contributed by atoms with Crippen molar-refractivity contribution in [2.75, 3.05) is 38.0 Å². The van der Waals surface area contributed by atoms with E-state index in [9.17, 15) is 14.4 Å². The third-order valence-corrected chi connectivity index (χ3v) is 10.2. The molecule has 0 radical (unpaired) electrons. The highest BCUT2D eigenvalue weighted by atomic mass is 32.1. The van der Waals surface area contributed by atoms with Gasteiger partial charge in [0.25, 0.3) is 11.5 Å². The predicted molar refractivity (Wildman–Crippen MR) is 158 cm³/mol. The highest BCUT2D eigenvalue weighted by Crippen LogP contribution is 2.41. The molecule has 6 heterocycles. The molecule has 1 spiro atoms. The first-order chi connectivity index (χ1) is 19.9. The quantitative estimate of drug-likeness (QED) is 0.350. The molecule has 0 saturated carbocycles. The summed E-state index contributed by atoms with van der Waals surface area (Å²) in [7, 11) is 0. The van der Waals surface area contributed by atoms with E-state index in [-0.39, 0.29) is 23.3 Å². The normalized spacial score (nSPS) is 22.8. The number of fused-ring (bicyclic) bond motifs is 5. The summed E-state index contributed by atoms with van der Waals surface area (Å²) in [5, 5.41) is 14.0. The summed E-state index contributed by atoms with van der Waals surface area (Å²) in [6.45, 7) is 7.62. The van der Waals surface area contributed by atoms with Gasteiger partial charge in [-0.15, -0.1) is 11.3 Å². The molecule has 12 heteroatoms. The first kappa shape index (κ1) is 26.5. The van der Waals surface area contributed by atoms with Crippen LogP contribution in [0.4, 0.5) is 11.5 Å². The fraction of sp³-hybridized carbons (Fsp3) is 0.552. The van der Waals surface area contributed by atoms with Crippen molar-refractivity contribution in [3.63, 3.8) is 0 Å². The van der Waals surface area contributed by atoms with Gasteiger partial charge in [0.15, 0.2) is 0 Å². The Balaban J connectivity index is 1.23. The topological polar surface area (TPSA) is 133 Å². The highest BCUT2D eigenvalue weighted by molar-refractivity contribution is 7.19. The number of piperazine rings is 1. The molecule has 2 fully saturated rings. The van der Waals surface area contributed by atoms with Crippen LogP contribution in [0.5, 0.6) is 0 Å². The molecule has 7 rings (SSSR count). The van der Waals surface area contributed by atoms with Gasteiger partial charge in [-0.2, -0.15) is 0 Å². The van der Waals surface area contributed by atoms with Crippen LogP contribution < -0.4 is 26.8 Å². The second-order valence-electron chi connectivity index (χ2n) is 11.9. The third kappa shape index (κ3) is 4.34. The summed E-state index contributed by atoms with van der Waals surface area (Å²) in [5.41, 5.74) is 2.00. The van der Waals surface area contributed by atoms with Gasteiger partial charge in [-0.1, -0.05) is 13.3 Å². The largest absolute Gasteiger partial charge is 0.340 e. The molecule has 4 N–H and O–H groups in total. The molecule has 0 aromatic carbocycles. The van der Waals surface area contributed by atoms with E-state index in [1.807, 2.05) is 11.0 Å². The summed E-state index contributed by atoms with van der Waals surface area (Å²) >= 11 is 1.62. The fourth-order valence-corrected chi connectivity index (χ4v) is 8.11. The van der Waals surface area contributed by atoms with Crippen molar-refractivity contribution >= 4 is 44.9 Å². The smallest absolute Gasteiger partial charge is 0.276 e. The Bertz CT molecular complexity index is 1610. The number of hydrogen-bond donors (Lipinski definition) is 4. The minimum atomic E-state index is -0.714. The Kier molecular flexibility index (Phi) is 6.59. The van der Waals surface area contributed by atoms with E-state index in [0.717, 1.165) is 61.1 Å². The van der Waals surface area contributed by atoms with Gasteiger partial charge in [-0.25, -0.2) is 9.97 Å². The molecule has 2 atom stereocenters. The van der Waals surface area contributed by atoms with Crippen molar-refractivity contribution in [1.29, 1.82) is 0 Å². The average molecular weight is 577 g/mol. The van der Waals surface area contributed by atoms with E-state index in [1.54, 1.807) is 15.9 Å². The Morgan fingerprint density at radius 1 is 1.27 bits per heavy atom. The van der Waals surface area contributed by atoms with Crippen molar-refractivity contribution in [1.82, 2.24) is 35.4 Å². The van der Waals surface area contributed by atoms with Crippen LogP contribution in [0.2, 0.25) is 0 Å². The van der Waals surface area contributed by atoms with E-state index in [2.05, 4.69) is 45.1 Å². The second-order valence-corrected chi connectivity index (χ2v) is 13.0. The minimum absolute atomic E-state index is 0.0231. The molecular weight excluding hydrogens is 540 g/mol. The standard InChI is InChI=1S/C29H36N8O3S/c1-3-4-5-17-10-20(28(40)37-23(17)25(38)35-29(37)13-30-14-29)34-24-22-19-7-6-18(11-21(19)41-26(22)33-15-32-24)27(39)36-9-8-31-16(2)12-36/h10,15-16,18,30-31H,3-9,11-14H2,1-2H3,(H,35,38)(H,32,33,34)/t16?,18-/m0/s1. The molecule has 41 heavy (non-hydrogen) atoms. The number of aromatic nitrogens is 3. The SMILES string of the molecule is CCCCc1cc(Nc2ncnc3sc4c(c23)CC[C@H](C(=O)N2CCNC(C)C2)C4)c(=O)n2c1C(=O)NC21CNC1. The molecule has 2 amide bonds. The lowest BCUT2D eigenvalue weighted by Crippen LogP contribution is -2.68. The summed E-state index contributed by atoms with van der Waals surface area (Å²) in [5.74, 6) is 0.645. The van der Waals surface area contributed by atoms with Gasteiger partial charge >= 0.3 is 0 Å². The van der Waals surface area contributed by atoms with Gasteiger partial charge in [0, 0.05) is 49.6 Å². The van der Waals surface area contributed by atoms with E-state index < -0.39 is 5.66 Å². The number of aryl methyl sites for hydroxylation is 2. The monoisotopic (exact) mass is 576 g/mol. The number of carbonyl (C=O) groups excluding carboxylic acids is 2. The molecule has 4 aliphatic rings. The number of thiophene rings is 1. The molecule has 1 unspecified atom stereocenters. The zero-order valence-electron chi connectivity index (χ0n) is 23.5. The Morgan fingerprint density at radius 3 is 2.88 bits per heavy atom. The van der Waals surface area contributed by atoms with Crippen LogP contribution in [-0.2, 0) is 29.7 Å². The molecule has 1 aliphatic carbocycles. The van der Waals surface area contributed by atoms with Gasteiger partial charge in [0.05, 0.1) is 5.39 Å². The third-order valence-electron chi connectivity index (χ3n) is 9.03. The van der Waals surface area contributed by atoms with Crippen LogP contribution in [0.25, 0.3) is 10.2 Å². The van der Waals surface area contributed by atoms with Gasteiger partial charge in [0.2, 0.25) is 5.91 Å². The first-order valence-corrected chi connectivity index (χ1v) is 15.6. The minimum Gasteiger partial charge on any atom is -0.340 e. The number of nitrogens with one attached hydrogen (secondary N) is 4. The maximum atomic E-state index is 13.9. The van der Waals surface area contributed by atoms with E-state index in [1.165, 1.54) is 16.8 Å². The van der Waals surface area contributed by atoms with Gasteiger partial charge in [0.1, 0.15) is 34.0 Å². The van der Waals surface area contributed by atoms with E-state index >= 15 is 0 Å². The number of anilines is 2. The number of nitrogens with zero attached hydrogens (tertiary/aromatic N) is 4. The van der Waals surface area contributed by atoms with Crippen molar-refractivity contribution < 1.29 is 9.59 Å². The fourth-order valence-electron chi connectivity index (χ4n) is 6.84. The van der Waals surface area contributed by atoms with Crippen LogP contribution in [0.3, 0.4) is 0 Å². The lowest BCUT2D eigenvalue weighted by molar-refractivity contribution is -0.137. The zero-order chi connectivity index (χ0) is 28.3. The Labute approximate surface area is 242 Å². The molecule has 2 saturated heterocycles. The lowest BCUT2D eigenvalue weighted by atomic mass is 9.86. The summed E-state index contributed by atoms with van der Waals surface area (Å²) in [4.78, 5) is 53.5. The van der Waals surface area contributed by atoms with Crippen molar-refractivity contribution in [2.24, 2.45) is 5.92 Å². The van der Waals surface area contributed by atoms with Crippen molar-refractivity contribution in [3.8, 4) is 0 Å². The van der Waals surface area contributed by atoms with Crippen LogP contribution >= 0.6 is 11.3 Å².